The molecule has 2 N–H and O–H groups in total. The highest BCUT2D eigenvalue weighted by Gasteiger charge is 2.44. The standard InChI is InChI=1S/C17H24FNOS/c18-14-3-7-16(8-4-14)21-11-9-13-2-1-10-17(13,12-20)19-15-5-6-15/h3-4,7-8,13,15,19-20H,1-2,5-6,9-12H2. The highest BCUT2D eigenvalue weighted by molar-refractivity contribution is 7.99. The highest BCUT2D eigenvalue weighted by Crippen LogP contribution is 2.41. The van der Waals surface area contributed by atoms with E-state index in [9.17, 15) is 9.50 Å². The molecule has 2 fully saturated rings. The molecule has 4 heteroatoms. The zero-order valence-electron chi connectivity index (χ0n) is 12.4. The van der Waals surface area contributed by atoms with E-state index in [-0.39, 0.29) is 18.0 Å². The van der Waals surface area contributed by atoms with E-state index in [2.05, 4.69) is 5.32 Å². The van der Waals surface area contributed by atoms with Crippen molar-refractivity contribution in [3.63, 3.8) is 0 Å². The average molecular weight is 309 g/mol. The van der Waals surface area contributed by atoms with Gasteiger partial charge in [-0.2, -0.15) is 0 Å². The van der Waals surface area contributed by atoms with Gasteiger partial charge in [-0.1, -0.05) is 6.42 Å². The van der Waals surface area contributed by atoms with Gasteiger partial charge in [0.1, 0.15) is 5.82 Å². The topological polar surface area (TPSA) is 32.3 Å². The maximum atomic E-state index is 12.9. The fourth-order valence-electron chi connectivity index (χ4n) is 3.49. The lowest BCUT2D eigenvalue weighted by Crippen LogP contribution is -2.52. The Morgan fingerprint density at radius 2 is 2.00 bits per heavy atom. The molecule has 2 aliphatic carbocycles. The van der Waals surface area contributed by atoms with E-state index in [1.165, 1.54) is 37.8 Å². The van der Waals surface area contributed by atoms with Crippen molar-refractivity contribution in [3.05, 3.63) is 30.1 Å². The first-order chi connectivity index (χ1) is 10.2. The number of hydrogen-bond acceptors (Lipinski definition) is 3. The number of hydrogen-bond donors (Lipinski definition) is 2. The number of halogens is 1. The Bertz CT molecular complexity index is 462. The third-order valence-corrected chi connectivity index (χ3v) is 5.90. The molecular formula is C17H24FNOS. The van der Waals surface area contributed by atoms with Crippen LogP contribution in [0, 0.1) is 11.7 Å². The van der Waals surface area contributed by atoms with Crippen LogP contribution in [0.3, 0.4) is 0 Å². The van der Waals surface area contributed by atoms with Crippen molar-refractivity contribution in [3.8, 4) is 0 Å². The summed E-state index contributed by atoms with van der Waals surface area (Å²) in [6, 6.07) is 7.37. The third kappa shape index (κ3) is 3.79. The van der Waals surface area contributed by atoms with Crippen LogP contribution in [0.25, 0.3) is 0 Å². The van der Waals surface area contributed by atoms with Crippen LogP contribution >= 0.6 is 11.8 Å². The maximum Gasteiger partial charge on any atom is 0.123 e. The molecule has 2 aliphatic rings. The van der Waals surface area contributed by atoms with Crippen LogP contribution in [0.15, 0.2) is 29.2 Å². The van der Waals surface area contributed by atoms with Gasteiger partial charge >= 0.3 is 0 Å². The molecule has 21 heavy (non-hydrogen) atoms. The van der Waals surface area contributed by atoms with Gasteiger partial charge in [0.2, 0.25) is 0 Å². The SMILES string of the molecule is OCC1(NC2CC2)CCCC1CCSc1ccc(F)cc1. The summed E-state index contributed by atoms with van der Waals surface area (Å²) in [6.07, 6.45) is 7.17. The van der Waals surface area contributed by atoms with Crippen molar-refractivity contribution >= 4 is 11.8 Å². The Morgan fingerprint density at radius 3 is 2.67 bits per heavy atom. The van der Waals surface area contributed by atoms with E-state index in [0.29, 0.717) is 12.0 Å². The highest BCUT2D eigenvalue weighted by atomic mass is 32.2. The Morgan fingerprint density at radius 1 is 1.24 bits per heavy atom. The van der Waals surface area contributed by atoms with Gasteiger partial charge < -0.3 is 10.4 Å². The van der Waals surface area contributed by atoms with Gasteiger partial charge in [-0.25, -0.2) is 4.39 Å². The van der Waals surface area contributed by atoms with Crippen molar-refractivity contribution in [2.45, 2.75) is 55.0 Å². The average Bonchev–Trinajstić information content (AvgIpc) is 3.21. The molecular weight excluding hydrogens is 285 g/mol. The predicted octanol–water partition coefficient (Wildman–Crippen LogP) is 3.59. The van der Waals surface area contributed by atoms with Crippen LogP contribution in [0.4, 0.5) is 4.39 Å². The van der Waals surface area contributed by atoms with E-state index < -0.39 is 0 Å². The summed E-state index contributed by atoms with van der Waals surface area (Å²) in [7, 11) is 0. The van der Waals surface area contributed by atoms with Crippen molar-refractivity contribution in [2.75, 3.05) is 12.4 Å². The van der Waals surface area contributed by atoms with Crippen LogP contribution in [-0.2, 0) is 0 Å². The molecule has 1 aromatic carbocycles. The summed E-state index contributed by atoms with van der Waals surface area (Å²) in [5, 5.41) is 13.6. The summed E-state index contributed by atoms with van der Waals surface area (Å²) in [6.45, 7) is 0.259. The molecule has 0 heterocycles. The van der Waals surface area contributed by atoms with E-state index in [4.69, 9.17) is 0 Å². The first kappa shape index (κ1) is 15.3. The molecule has 0 amide bonds. The Hall–Kier alpha value is -0.580. The Labute approximate surface area is 130 Å². The first-order valence-electron chi connectivity index (χ1n) is 7.99. The minimum Gasteiger partial charge on any atom is -0.394 e. The van der Waals surface area contributed by atoms with Crippen LogP contribution in [0.2, 0.25) is 0 Å². The summed E-state index contributed by atoms with van der Waals surface area (Å²) in [5.41, 5.74) is -0.0372. The molecule has 116 valence electrons. The third-order valence-electron chi connectivity index (χ3n) is 4.86. The second-order valence-electron chi connectivity index (χ2n) is 6.41. The van der Waals surface area contributed by atoms with Crippen LogP contribution < -0.4 is 5.32 Å². The fourth-order valence-corrected chi connectivity index (χ4v) is 4.46. The summed E-state index contributed by atoms with van der Waals surface area (Å²) < 4.78 is 12.9. The summed E-state index contributed by atoms with van der Waals surface area (Å²) in [5.74, 6) is 1.42. The lowest BCUT2D eigenvalue weighted by Gasteiger charge is -2.35. The minimum atomic E-state index is -0.178. The van der Waals surface area contributed by atoms with E-state index >= 15 is 0 Å². The lowest BCUT2D eigenvalue weighted by atomic mass is 9.85. The zero-order chi connectivity index (χ0) is 14.7. The van der Waals surface area contributed by atoms with Crippen LogP contribution in [0.5, 0.6) is 0 Å². The molecule has 3 rings (SSSR count). The smallest absolute Gasteiger partial charge is 0.123 e. The molecule has 1 aromatic rings. The van der Waals surface area contributed by atoms with Gasteiger partial charge in [-0.3, -0.25) is 0 Å². The Balaban J connectivity index is 1.52. The van der Waals surface area contributed by atoms with Crippen molar-refractivity contribution in [2.24, 2.45) is 5.92 Å². The fraction of sp³-hybridized carbons (Fsp3) is 0.647. The number of nitrogens with one attached hydrogen (secondary N) is 1. The monoisotopic (exact) mass is 309 g/mol. The van der Waals surface area contributed by atoms with Gasteiger partial charge in [-0.05, 0) is 68.0 Å². The summed E-state index contributed by atoms with van der Waals surface area (Å²) in [4.78, 5) is 1.12. The summed E-state index contributed by atoms with van der Waals surface area (Å²) >= 11 is 1.79. The maximum absolute atomic E-state index is 12.9. The molecule has 0 aliphatic heterocycles. The molecule has 0 aromatic heterocycles. The molecule has 0 radical (unpaired) electrons. The number of benzene rings is 1. The molecule has 0 spiro atoms. The largest absolute Gasteiger partial charge is 0.394 e. The zero-order valence-corrected chi connectivity index (χ0v) is 13.2. The number of aliphatic hydroxyl groups is 1. The lowest BCUT2D eigenvalue weighted by molar-refractivity contribution is 0.120. The van der Waals surface area contributed by atoms with Crippen molar-refractivity contribution in [1.29, 1.82) is 0 Å². The van der Waals surface area contributed by atoms with Crippen LogP contribution in [-0.4, -0.2) is 29.0 Å². The van der Waals surface area contributed by atoms with Crippen LogP contribution in [0.1, 0.15) is 38.5 Å². The quantitative estimate of drug-likeness (QED) is 0.755. The molecule has 2 saturated carbocycles. The van der Waals surface area contributed by atoms with Gasteiger partial charge in [0.25, 0.3) is 0 Å². The molecule has 0 saturated heterocycles. The normalized spacial score (nSPS) is 29.0. The predicted molar refractivity (Wildman–Crippen MR) is 85.1 cm³/mol. The van der Waals surface area contributed by atoms with Gasteiger partial charge in [0.05, 0.1) is 6.61 Å². The number of rotatable bonds is 7. The second-order valence-corrected chi connectivity index (χ2v) is 7.58. The van der Waals surface area contributed by atoms with Gasteiger partial charge in [0.15, 0.2) is 0 Å². The second kappa shape index (κ2) is 6.67. The van der Waals surface area contributed by atoms with Crippen molar-refractivity contribution < 1.29 is 9.50 Å². The molecule has 2 unspecified atom stereocenters. The van der Waals surface area contributed by atoms with E-state index in [1.54, 1.807) is 11.8 Å². The Kier molecular flexibility index (Phi) is 4.87. The first-order valence-corrected chi connectivity index (χ1v) is 8.97. The molecule has 0 bridgehead atoms. The number of aliphatic hydroxyl groups excluding tert-OH is 1. The molecule has 2 nitrogen and oxygen atoms in total. The molecule has 2 atom stereocenters. The van der Waals surface area contributed by atoms with Crippen molar-refractivity contribution in [1.82, 2.24) is 5.32 Å². The number of thioether (sulfide) groups is 1. The van der Waals surface area contributed by atoms with Gasteiger partial charge in [0, 0.05) is 16.5 Å². The van der Waals surface area contributed by atoms with E-state index in [1.807, 2.05) is 12.1 Å². The van der Waals surface area contributed by atoms with E-state index in [0.717, 1.165) is 23.5 Å². The minimum absolute atomic E-state index is 0.0372. The van der Waals surface area contributed by atoms with Gasteiger partial charge in [-0.15, -0.1) is 11.8 Å².